The minimum absolute atomic E-state index is 0.0153. The smallest absolute Gasteiger partial charge is 0.234 e. The summed E-state index contributed by atoms with van der Waals surface area (Å²) in [5.74, 6) is 0.978. The topological polar surface area (TPSA) is 107 Å². The van der Waals surface area contributed by atoms with Crippen molar-refractivity contribution >= 4 is 59.4 Å². The summed E-state index contributed by atoms with van der Waals surface area (Å²) in [5.41, 5.74) is 0.821. The molecule has 14 heteroatoms. The quantitative estimate of drug-likeness (QED) is 0.0893. The number of hydrogen-bond acceptors (Lipinski definition) is 8. The normalized spacial score (nSPS) is 13.2. The molecule has 0 radical (unpaired) electrons. The van der Waals surface area contributed by atoms with Crippen LogP contribution in [0.5, 0.6) is 11.5 Å². The van der Waals surface area contributed by atoms with E-state index in [9.17, 15) is 13.5 Å². The Bertz CT molecular complexity index is 1260. The maximum atomic E-state index is 12.9. The Hall–Kier alpha value is -1.17. The molecule has 43 heavy (non-hydrogen) atoms. The second kappa shape index (κ2) is 17.5. The lowest BCUT2D eigenvalue weighted by Gasteiger charge is -2.26. The highest BCUT2D eigenvalue weighted by Crippen LogP contribution is 2.33. The summed E-state index contributed by atoms with van der Waals surface area (Å²) < 4.78 is 51.0. The number of aliphatic hydroxyl groups is 1. The molecule has 2 aromatic rings. The first-order chi connectivity index (χ1) is 20.0. The third-order valence-electron chi connectivity index (χ3n) is 6.31. The first-order valence-electron chi connectivity index (χ1n) is 14.3. The highest BCUT2D eigenvalue weighted by Gasteiger charge is 2.24. The maximum absolute atomic E-state index is 12.9. The lowest BCUT2D eigenvalue weighted by molar-refractivity contribution is 0.0222. The molecular weight excluding hydrogens is 692 g/mol. The van der Waals surface area contributed by atoms with Gasteiger partial charge in [-0.1, -0.05) is 56.9 Å². The Morgan fingerprint density at radius 2 is 1.60 bits per heavy atom. The van der Waals surface area contributed by atoms with Crippen LogP contribution in [0.4, 0.5) is 5.69 Å². The molecule has 0 spiro atoms. The molecule has 244 valence electrons. The zero-order valence-corrected chi connectivity index (χ0v) is 31.6. The van der Waals surface area contributed by atoms with Crippen molar-refractivity contribution in [2.75, 3.05) is 57.0 Å². The van der Waals surface area contributed by atoms with Gasteiger partial charge in [-0.05, 0) is 63.9 Å². The molecule has 0 saturated heterocycles. The van der Waals surface area contributed by atoms with Gasteiger partial charge in [0, 0.05) is 46.9 Å². The van der Waals surface area contributed by atoms with Crippen LogP contribution in [0.25, 0.3) is 0 Å². The van der Waals surface area contributed by atoms with E-state index in [1.165, 1.54) is 4.31 Å². The van der Waals surface area contributed by atoms with E-state index in [2.05, 4.69) is 60.5 Å². The molecule has 0 aliphatic carbocycles. The SMILES string of the molecule is C[Si](C)(C)CCOCOc1ccc([C@@H](O)CNCCOc2ccc(Br)c(Cl)c2)cc1N(COCC[Si](C)(C)C)S(C)(=O)=O. The third-order valence-corrected chi connectivity index (χ3v) is 12.1. The van der Waals surface area contributed by atoms with E-state index in [-0.39, 0.29) is 25.8 Å². The Balaban J connectivity index is 2.11. The van der Waals surface area contributed by atoms with Crippen molar-refractivity contribution in [1.82, 2.24) is 5.32 Å². The summed E-state index contributed by atoms with van der Waals surface area (Å²) in [5, 5.41) is 14.7. The summed E-state index contributed by atoms with van der Waals surface area (Å²) in [4.78, 5) is 0. The van der Waals surface area contributed by atoms with Crippen LogP contribution in [-0.2, 0) is 19.5 Å². The van der Waals surface area contributed by atoms with Crippen molar-refractivity contribution in [2.24, 2.45) is 0 Å². The minimum atomic E-state index is -3.73. The van der Waals surface area contributed by atoms with Crippen molar-refractivity contribution in [3.63, 3.8) is 0 Å². The fourth-order valence-electron chi connectivity index (χ4n) is 3.64. The van der Waals surface area contributed by atoms with Crippen LogP contribution >= 0.6 is 27.5 Å². The molecule has 0 bridgehead atoms. The molecule has 0 heterocycles. The lowest BCUT2D eigenvalue weighted by atomic mass is 10.1. The van der Waals surface area contributed by atoms with Crippen molar-refractivity contribution < 1.29 is 32.5 Å². The summed E-state index contributed by atoms with van der Waals surface area (Å²) in [6, 6.07) is 12.3. The van der Waals surface area contributed by atoms with E-state index >= 15 is 0 Å². The maximum Gasteiger partial charge on any atom is 0.234 e. The largest absolute Gasteiger partial charge is 0.492 e. The van der Waals surface area contributed by atoms with Gasteiger partial charge in [-0.3, -0.25) is 0 Å². The zero-order chi connectivity index (χ0) is 32.3. The number of nitrogens with one attached hydrogen (secondary N) is 1. The van der Waals surface area contributed by atoms with Crippen molar-refractivity contribution in [3.8, 4) is 11.5 Å². The van der Waals surface area contributed by atoms with Gasteiger partial charge < -0.3 is 29.4 Å². The summed E-state index contributed by atoms with van der Waals surface area (Å²) >= 11 is 9.47. The molecule has 1 atom stereocenters. The number of sulfonamides is 1. The zero-order valence-electron chi connectivity index (χ0n) is 26.4. The molecule has 9 nitrogen and oxygen atoms in total. The molecule has 2 rings (SSSR count). The van der Waals surface area contributed by atoms with Crippen LogP contribution in [-0.4, -0.2) is 82.4 Å². The van der Waals surface area contributed by atoms with Gasteiger partial charge in [0.25, 0.3) is 0 Å². The molecule has 0 aliphatic rings. The number of nitrogens with zero attached hydrogens (tertiary/aromatic N) is 1. The van der Waals surface area contributed by atoms with Crippen molar-refractivity contribution in [2.45, 2.75) is 57.5 Å². The molecule has 2 N–H and O–H groups in total. The molecule has 0 unspecified atom stereocenters. The molecule has 2 aromatic carbocycles. The van der Waals surface area contributed by atoms with Gasteiger partial charge in [-0.25, -0.2) is 12.7 Å². The van der Waals surface area contributed by atoms with Crippen molar-refractivity contribution in [1.29, 1.82) is 0 Å². The average Bonchev–Trinajstić information content (AvgIpc) is 2.88. The van der Waals surface area contributed by atoms with Crippen LogP contribution < -0.4 is 19.1 Å². The van der Waals surface area contributed by atoms with Gasteiger partial charge >= 0.3 is 0 Å². The van der Waals surface area contributed by atoms with E-state index in [1.807, 2.05) is 12.1 Å². The molecule has 0 saturated carbocycles. The highest BCUT2D eigenvalue weighted by molar-refractivity contribution is 9.10. The number of hydrogen-bond donors (Lipinski definition) is 2. The van der Waals surface area contributed by atoms with Gasteiger partial charge in [0.2, 0.25) is 10.0 Å². The van der Waals surface area contributed by atoms with E-state index in [0.717, 1.165) is 22.8 Å². The first-order valence-corrected chi connectivity index (χ1v) is 24.8. The van der Waals surface area contributed by atoms with E-state index in [1.54, 1.807) is 24.3 Å². The summed E-state index contributed by atoms with van der Waals surface area (Å²) in [7, 11) is -6.35. The monoisotopic (exact) mass is 738 g/mol. The number of anilines is 1. The lowest BCUT2D eigenvalue weighted by Crippen LogP contribution is -2.34. The Morgan fingerprint density at radius 1 is 0.953 bits per heavy atom. The second-order valence-electron chi connectivity index (χ2n) is 12.8. The van der Waals surface area contributed by atoms with Gasteiger partial charge in [0.15, 0.2) is 6.79 Å². The average molecular weight is 740 g/mol. The number of halogens is 2. The number of aliphatic hydroxyl groups excluding tert-OH is 1. The van der Waals surface area contributed by atoms with Crippen LogP contribution in [0.3, 0.4) is 0 Å². The highest BCUT2D eigenvalue weighted by atomic mass is 79.9. The van der Waals surface area contributed by atoms with Crippen LogP contribution in [0.1, 0.15) is 11.7 Å². The van der Waals surface area contributed by atoms with Crippen LogP contribution in [0.15, 0.2) is 40.9 Å². The fraction of sp³-hybridized carbons (Fsp3) is 0.586. The van der Waals surface area contributed by atoms with E-state index in [0.29, 0.717) is 48.5 Å². The van der Waals surface area contributed by atoms with Gasteiger partial charge in [-0.15, -0.1) is 0 Å². The van der Waals surface area contributed by atoms with Crippen LogP contribution in [0.2, 0.25) is 56.4 Å². The van der Waals surface area contributed by atoms with Crippen molar-refractivity contribution in [3.05, 3.63) is 51.5 Å². The Kier molecular flexibility index (Phi) is 15.5. The number of ether oxygens (including phenoxy) is 4. The molecule has 0 aliphatic heterocycles. The third kappa shape index (κ3) is 15.1. The predicted octanol–water partition coefficient (Wildman–Crippen LogP) is 6.57. The van der Waals surface area contributed by atoms with Gasteiger partial charge in [0.1, 0.15) is 24.8 Å². The predicted molar refractivity (Wildman–Crippen MR) is 185 cm³/mol. The first kappa shape index (κ1) is 38.0. The van der Waals surface area contributed by atoms with Crippen LogP contribution in [0, 0.1) is 0 Å². The summed E-state index contributed by atoms with van der Waals surface area (Å²) in [6.45, 7) is 15.5. The van der Waals surface area contributed by atoms with Gasteiger partial charge in [-0.2, -0.15) is 0 Å². The standard InChI is InChI=1S/C29H48BrClN2O7SSi2/c1-41(35,36)33(21-37-14-16-42(2,3)4)27-18-23(8-11-29(27)40-22-38-15-17-43(5,6)7)28(34)20-32-12-13-39-24-9-10-25(30)26(31)19-24/h8-11,18-19,28,32,34H,12-17,20-22H2,1-7H3/t28-/m0/s1. The summed E-state index contributed by atoms with van der Waals surface area (Å²) in [6.07, 6.45) is 0.226. The molecule has 0 fully saturated rings. The Labute approximate surface area is 273 Å². The molecule has 0 amide bonds. The number of benzene rings is 2. The fourth-order valence-corrected chi connectivity index (χ4v) is 6.33. The minimum Gasteiger partial charge on any atom is -0.492 e. The molecular formula is C29H48BrClN2O7SSi2. The van der Waals surface area contributed by atoms with E-state index in [4.69, 9.17) is 30.5 Å². The second-order valence-corrected chi connectivity index (χ2v) is 27.2. The molecule has 0 aromatic heterocycles. The Morgan fingerprint density at radius 3 is 2.21 bits per heavy atom. The van der Waals surface area contributed by atoms with E-state index < -0.39 is 32.3 Å². The number of rotatable bonds is 20. The van der Waals surface area contributed by atoms with Gasteiger partial charge in [0.05, 0.1) is 23.1 Å².